The Morgan fingerprint density at radius 3 is 2.64 bits per heavy atom. The van der Waals surface area contributed by atoms with E-state index < -0.39 is 0 Å². The minimum absolute atomic E-state index is 0.692. The molecule has 0 heterocycles. The summed E-state index contributed by atoms with van der Waals surface area (Å²) in [5.74, 6) is 1.00. The normalized spacial score (nSPS) is 19.0. The van der Waals surface area contributed by atoms with E-state index in [9.17, 15) is 0 Å². The molecule has 0 aromatic heterocycles. The van der Waals surface area contributed by atoms with Crippen molar-refractivity contribution in [3.63, 3.8) is 0 Å². The molecule has 1 N–H and O–H groups in total. The second kappa shape index (κ2) is 6.23. The Hall–Kier alpha value is -0.300. The molecule has 0 saturated heterocycles. The molecule has 1 atom stereocenters. The molecule has 1 heteroatoms. The van der Waals surface area contributed by atoms with Crippen molar-refractivity contribution in [2.24, 2.45) is 5.92 Å². The molecule has 1 fully saturated rings. The summed E-state index contributed by atoms with van der Waals surface area (Å²) in [5.41, 5.74) is 1.32. The Morgan fingerprint density at radius 1 is 1.50 bits per heavy atom. The van der Waals surface area contributed by atoms with Gasteiger partial charge in [0.15, 0.2) is 0 Å². The van der Waals surface area contributed by atoms with Crippen LogP contribution in [0.1, 0.15) is 52.4 Å². The topological polar surface area (TPSA) is 12.0 Å². The van der Waals surface area contributed by atoms with Crippen molar-refractivity contribution >= 4 is 0 Å². The van der Waals surface area contributed by atoms with Crippen molar-refractivity contribution < 1.29 is 0 Å². The van der Waals surface area contributed by atoms with Crippen molar-refractivity contribution in [3.8, 4) is 0 Å². The lowest BCUT2D eigenvalue weighted by molar-refractivity contribution is 0.259. The van der Waals surface area contributed by atoms with Gasteiger partial charge in [0.05, 0.1) is 0 Å². The van der Waals surface area contributed by atoms with E-state index in [1.165, 1.54) is 37.7 Å². The van der Waals surface area contributed by atoms with E-state index >= 15 is 0 Å². The van der Waals surface area contributed by atoms with E-state index in [0.29, 0.717) is 6.04 Å². The molecule has 1 aliphatic carbocycles. The molecule has 1 unspecified atom stereocenters. The summed E-state index contributed by atoms with van der Waals surface area (Å²) in [6, 6.07) is 0.692. The van der Waals surface area contributed by atoms with Gasteiger partial charge in [-0.1, -0.05) is 31.8 Å². The van der Waals surface area contributed by atoms with Crippen LogP contribution in [0.5, 0.6) is 0 Å². The molecule has 1 nitrogen and oxygen atoms in total. The summed E-state index contributed by atoms with van der Waals surface area (Å²) < 4.78 is 0. The number of hydrogen-bond acceptors (Lipinski definition) is 1. The molecule has 0 aliphatic heterocycles. The highest BCUT2D eigenvalue weighted by atomic mass is 14.9. The molecular weight excluding hydrogens is 170 g/mol. The predicted molar refractivity (Wildman–Crippen MR) is 63.5 cm³/mol. The van der Waals surface area contributed by atoms with Gasteiger partial charge in [-0.25, -0.2) is 0 Å². The fourth-order valence-electron chi connectivity index (χ4n) is 2.14. The fourth-order valence-corrected chi connectivity index (χ4v) is 2.14. The van der Waals surface area contributed by atoms with Gasteiger partial charge in [0.1, 0.15) is 0 Å². The lowest BCUT2D eigenvalue weighted by Gasteiger charge is -2.30. The zero-order chi connectivity index (χ0) is 10.4. The predicted octanol–water partition coefficient (Wildman–Crippen LogP) is 3.51. The Morgan fingerprint density at radius 2 is 2.21 bits per heavy atom. The van der Waals surface area contributed by atoms with Crippen molar-refractivity contribution in [3.05, 3.63) is 12.2 Å². The first-order valence-electron chi connectivity index (χ1n) is 6.10. The summed E-state index contributed by atoms with van der Waals surface area (Å²) in [6.45, 7) is 9.54. The third-order valence-electron chi connectivity index (χ3n) is 3.12. The van der Waals surface area contributed by atoms with Gasteiger partial charge in [0, 0.05) is 6.04 Å². The molecule has 0 amide bonds. The zero-order valence-corrected chi connectivity index (χ0v) is 9.81. The van der Waals surface area contributed by atoms with Crippen molar-refractivity contribution in [1.29, 1.82) is 0 Å². The molecular formula is C13H25N. The van der Waals surface area contributed by atoms with Crippen molar-refractivity contribution in [1.82, 2.24) is 5.32 Å². The maximum atomic E-state index is 4.01. The van der Waals surface area contributed by atoms with Gasteiger partial charge in [0.2, 0.25) is 0 Å². The third-order valence-corrected chi connectivity index (χ3v) is 3.12. The Balaban J connectivity index is 2.22. The SMILES string of the molecule is C=C(C)CC(CC1CCC1)NCCC. The van der Waals surface area contributed by atoms with Gasteiger partial charge in [-0.2, -0.15) is 0 Å². The summed E-state index contributed by atoms with van der Waals surface area (Å²) in [6.07, 6.45) is 8.14. The highest BCUT2D eigenvalue weighted by molar-refractivity contribution is 4.94. The fraction of sp³-hybridized carbons (Fsp3) is 0.846. The van der Waals surface area contributed by atoms with Crippen LogP contribution in [0, 0.1) is 5.92 Å². The number of hydrogen-bond donors (Lipinski definition) is 1. The molecule has 0 radical (unpaired) electrons. The quantitative estimate of drug-likeness (QED) is 0.613. The molecule has 1 saturated carbocycles. The minimum Gasteiger partial charge on any atom is -0.314 e. The zero-order valence-electron chi connectivity index (χ0n) is 9.81. The third kappa shape index (κ3) is 4.28. The van der Waals surface area contributed by atoms with E-state index in [1.54, 1.807) is 0 Å². The molecule has 82 valence electrons. The van der Waals surface area contributed by atoms with Crippen LogP contribution in [-0.2, 0) is 0 Å². The van der Waals surface area contributed by atoms with Gasteiger partial charge in [0.25, 0.3) is 0 Å². The van der Waals surface area contributed by atoms with Crippen LogP contribution in [0.15, 0.2) is 12.2 Å². The maximum absolute atomic E-state index is 4.01. The van der Waals surface area contributed by atoms with Crippen LogP contribution in [0.3, 0.4) is 0 Å². The lowest BCUT2D eigenvalue weighted by Crippen LogP contribution is -2.33. The summed E-state index contributed by atoms with van der Waals surface area (Å²) in [7, 11) is 0. The lowest BCUT2D eigenvalue weighted by atomic mass is 9.80. The molecule has 1 aliphatic rings. The molecule has 0 aromatic carbocycles. The van der Waals surface area contributed by atoms with Crippen LogP contribution in [0.4, 0.5) is 0 Å². The van der Waals surface area contributed by atoms with Crippen LogP contribution < -0.4 is 5.32 Å². The van der Waals surface area contributed by atoms with Crippen molar-refractivity contribution in [2.75, 3.05) is 6.54 Å². The number of rotatable bonds is 7. The average Bonchev–Trinajstić information content (AvgIpc) is 2.05. The highest BCUT2D eigenvalue weighted by Crippen LogP contribution is 2.31. The average molecular weight is 195 g/mol. The first-order chi connectivity index (χ1) is 6.72. The second-order valence-electron chi connectivity index (χ2n) is 4.84. The van der Waals surface area contributed by atoms with E-state index in [1.807, 2.05) is 0 Å². The first-order valence-corrected chi connectivity index (χ1v) is 6.10. The molecule has 0 spiro atoms. The second-order valence-corrected chi connectivity index (χ2v) is 4.84. The minimum atomic E-state index is 0.692. The van der Waals surface area contributed by atoms with Crippen molar-refractivity contribution in [2.45, 2.75) is 58.4 Å². The van der Waals surface area contributed by atoms with Crippen LogP contribution in [0.25, 0.3) is 0 Å². The highest BCUT2D eigenvalue weighted by Gasteiger charge is 2.21. The van der Waals surface area contributed by atoms with Crippen LogP contribution in [0.2, 0.25) is 0 Å². The van der Waals surface area contributed by atoms with Crippen LogP contribution >= 0.6 is 0 Å². The molecule has 1 rings (SSSR count). The smallest absolute Gasteiger partial charge is 0.0107 e. The summed E-state index contributed by atoms with van der Waals surface area (Å²) in [4.78, 5) is 0. The molecule has 0 bridgehead atoms. The number of nitrogens with one attached hydrogen (secondary N) is 1. The Bertz CT molecular complexity index is 170. The summed E-state index contributed by atoms with van der Waals surface area (Å²) in [5, 5.41) is 3.64. The first kappa shape index (κ1) is 11.8. The maximum Gasteiger partial charge on any atom is 0.0107 e. The van der Waals surface area contributed by atoms with E-state index in [2.05, 4.69) is 25.7 Å². The van der Waals surface area contributed by atoms with Gasteiger partial charge >= 0.3 is 0 Å². The van der Waals surface area contributed by atoms with Crippen LogP contribution in [-0.4, -0.2) is 12.6 Å². The van der Waals surface area contributed by atoms with E-state index in [4.69, 9.17) is 0 Å². The monoisotopic (exact) mass is 195 g/mol. The van der Waals surface area contributed by atoms with E-state index in [-0.39, 0.29) is 0 Å². The Labute approximate surface area is 89.0 Å². The molecule has 14 heavy (non-hydrogen) atoms. The standard InChI is InChI=1S/C13H25N/c1-4-8-14-13(9-11(2)3)10-12-6-5-7-12/h12-14H,2,4-10H2,1,3H3. The Kier molecular flexibility index (Phi) is 5.24. The van der Waals surface area contributed by atoms with E-state index in [0.717, 1.165) is 18.9 Å². The van der Waals surface area contributed by atoms with Gasteiger partial charge in [-0.15, -0.1) is 6.58 Å². The largest absolute Gasteiger partial charge is 0.314 e. The summed E-state index contributed by atoms with van der Waals surface area (Å²) >= 11 is 0. The van der Waals surface area contributed by atoms with Gasteiger partial charge in [-0.05, 0) is 38.6 Å². The van der Waals surface area contributed by atoms with Gasteiger partial charge in [-0.3, -0.25) is 0 Å². The molecule has 0 aromatic rings. The van der Waals surface area contributed by atoms with Gasteiger partial charge < -0.3 is 5.32 Å².